The molecule has 2 atom stereocenters. The molecule has 1 heterocycles. The third-order valence-electron chi connectivity index (χ3n) is 7.87. The van der Waals surface area contributed by atoms with Gasteiger partial charge in [0.15, 0.2) is 6.61 Å². The molecule has 6 heteroatoms. The maximum absolute atomic E-state index is 13.8. The van der Waals surface area contributed by atoms with E-state index in [2.05, 4.69) is 32.2 Å². The number of carbonyl (C=O) groups is 2. The summed E-state index contributed by atoms with van der Waals surface area (Å²) in [5, 5.41) is 4.33. The van der Waals surface area contributed by atoms with E-state index >= 15 is 0 Å². The summed E-state index contributed by atoms with van der Waals surface area (Å²) in [6, 6.07) is 24.8. The van der Waals surface area contributed by atoms with Crippen LogP contribution in [0.25, 0.3) is 22.6 Å². The summed E-state index contributed by atoms with van der Waals surface area (Å²) >= 11 is 6.14. The normalized spacial score (nSPS) is 16.7. The van der Waals surface area contributed by atoms with Gasteiger partial charge >= 0.3 is 5.97 Å². The van der Waals surface area contributed by atoms with Crippen molar-refractivity contribution in [1.29, 1.82) is 0 Å². The zero-order valence-electron chi connectivity index (χ0n) is 23.9. The third-order valence-corrected chi connectivity index (χ3v) is 8.12. The number of amides is 1. The van der Waals surface area contributed by atoms with Gasteiger partial charge in [-0.25, -0.2) is 9.78 Å². The van der Waals surface area contributed by atoms with Crippen molar-refractivity contribution in [3.63, 3.8) is 0 Å². The molecule has 1 N–H and O–H groups in total. The highest BCUT2D eigenvalue weighted by atomic mass is 35.5. The molecule has 1 aromatic heterocycles. The average molecular weight is 567 g/mol. The number of pyridine rings is 1. The van der Waals surface area contributed by atoms with Crippen LogP contribution >= 0.6 is 11.6 Å². The number of carbonyl (C=O) groups excluding carboxylic acids is 2. The Morgan fingerprint density at radius 1 is 1.00 bits per heavy atom. The van der Waals surface area contributed by atoms with Crippen LogP contribution in [0.3, 0.4) is 0 Å². The van der Waals surface area contributed by atoms with Crippen LogP contribution in [0.4, 0.5) is 0 Å². The summed E-state index contributed by atoms with van der Waals surface area (Å²) in [6.07, 6.45) is 3.66. The fourth-order valence-electron chi connectivity index (χ4n) is 5.44. The largest absolute Gasteiger partial charge is 0.452 e. The van der Waals surface area contributed by atoms with Crippen LogP contribution in [-0.4, -0.2) is 23.5 Å². The average Bonchev–Trinajstić information content (AvgIpc) is 2.96. The van der Waals surface area contributed by atoms with Crippen LogP contribution in [-0.2, 0) is 16.0 Å². The van der Waals surface area contributed by atoms with Gasteiger partial charge in [-0.05, 0) is 77.6 Å². The first kappa shape index (κ1) is 28.6. The van der Waals surface area contributed by atoms with E-state index in [1.165, 1.54) is 0 Å². The van der Waals surface area contributed by atoms with E-state index in [0.717, 1.165) is 45.3 Å². The van der Waals surface area contributed by atoms with Crippen molar-refractivity contribution >= 4 is 46.0 Å². The number of benzene rings is 3. The molecule has 0 aliphatic heterocycles. The molecule has 0 saturated heterocycles. The Bertz CT molecular complexity index is 1600. The second-order valence-electron chi connectivity index (χ2n) is 11.8. The fraction of sp³-hybridized carbons (Fsp3) is 0.286. The Hall–Kier alpha value is -3.96. The Kier molecular flexibility index (Phi) is 8.27. The van der Waals surface area contributed by atoms with Gasteiger partial charge in [-0.1, -0.05) is 93.0 Å². The quantitative estimate of drug-likeness (QED) is 0.240. The van der Waals surface area contributed by atoms with E-state index in [1.54, 1.807) is 0 Å². The van der Waals surface area contributed by atoms with Crippen molar-refractivity contribution in [3.05, 3.63) is 112 Å². The van der Waals surface area contributed by atoms with Crippen LogP contribution in [0.5, 0.6) is 0 Å². The predicted octanol–water partition coefficient (Wildman–Crippen LogP) is 8.07. The monoisotopic (exact) mass is 566 g/mol. The number of ether oxygens (including phenoxy) is 1. The molecule has 5 rings (SSSR count). The van der Waals surface area contributed by atoms with Crippen molar-refractivity contribution in [2.75, 3.05) is 6.61 Å². The number of allylic oxidation sites excluding steroid dienone is 1. The summed E-state index contributed by atoms with van der Waals surface area (Å²) in [5.41, 5.74) is 5.97. The van der Waals surface area contributed by atoms with E-state index in [0.29, 0.717) is 17.0 Å². The third kappa shape index (κ3) is 6.52. The van der Waals surface area contributed by atoms with Crippen molar-refractivity contribution < 1.29 is 14.3 Å². The first-order chi connectivity index (χ1) is 19.6. The number of hydrogen-bond acceptors (Lipinski definition) is 4. The van der Waals surface area contributed by atoms with Gasteiger partial charge in [0.05, 0.1) is 22.8 Å². The molecule has 41 heavy (non-hydrogen) atoms. The zero-order valence-corrected chi connectivity index (χ0v) is 24.7. The number of nitrogens with zero attached hydrogens (tertiary/aromatic N) is 1. The highest BCUT2D eigenvalue weighted by molar-refractivity contribution is 6.30. The lowest BCUT2D eigenvalue weighted by molar-refractivity contribution is -0.124. The summed E-state index contributed by atoms with van der Waals surface area (Å²) in [4.78, 5) is 31.6. The molecule has 1 aliphatic carbocycles. The van der Waals surface area contributed by atoms with Crippen molar-refractivity contribution in [3.8, 4) is 0 Å². The van der Waals surface area contributed by atoms with E-state index in [1.807, 2.05) is 85.8 Å². The molecule has 0 unspecified atom stereocenters. The van der Waals surface area contributed by atoms with Crippen molar-refractivity contribution in [2.24, 2.45) is 11.3 Å². The van der Waals surface area contributed by atoms with E-state index in [-0.39, 0.29) is 29.9 Å². The fourth-order valence-corrected chi connectivity index (χ4v) is 5.57. The Morgan fingerprint density at radius 2 is 1.68 bits per heavy atom. The van der Waals surface area contributed by atoms with Gasteiger partial charge < -0.3 is 10.1 Å². The minimum Gasteiger partial charge on any atom is -0.452 e. The molecule has 1 amide bonds. The topological polar surface area (TPSA) is 68.3 Å². The van der Waals surface area contributed by atoms with Crippen LogP contribution in [0.2, 0.25) is 5.02 Å². The van der Waals surface area contributed by atoms with Crippen LogP contribution in [0, 0.1) is 11.3 Å². The van der Waals surface area contributed by atoms with Crippen molar-refractivity contribution in [2.45, 2.75) is 46.6 Å². The van der Waals surface area contributed by atoms with Crippen LogP contribution in [0.1, 0.15) is 72.9 Å². The number of halogens is 1. The minimum absolute atomic E-state index is 0.00292. The first-order valence-corrected chi connectivity index (χ1v) is 14.4. The molecular formula is C35H35ClN2O3. The number of hydrogen-bond donors (Lipinski definition) is 1. The second-order valence-corrected chi connectivity index (χ2v) is 12.2. The lowest BCUT2D eigenvalue weighted by Gasteiger charge is -2.36. The summed E-state index contributed by atoms with van der Waals surface area (Å²) in [7, 11) is 0. The summed E-state index contributed by atoms with van der Waals surface area (Å²) in [5.74, 6) is -0.585. The minimum atomic E-state index is -0.511. The van der Waals surface area contributed by atoms with E-state index in [9.17, 15) is 9.59 Å². The SMILES string of the molecule is C[C@@H](NC(=O)COC(=O)c1c2c(nc3ccccc13)/C(=C\c1ccc(Cl)cc1)C[C@H](C(C)(C)C)C2)c1ccccc1. The second kappa shape index (κ2) is 11.9. The van der Waals surface area contributed by atoms with Gasteiger partial charge in [0, 0.05) is 10.4 Å². The highest BCUT2D eigenvalue weighted by Gasteiger charge is 2.35. The number of rotatable bonds is 6. The maximum Gasteiger partial charge on any atom is 0.339 e. The van der Waals surface area contributed by atoms with Gasteiger partial charge in [-0.3, -0.25) is 4.79 Å². The molecular weight excluding hydrogens is 532 g/mol. The standard InChI is InChI=1S/C35H35ClN2O3/c1-22(24-10-6-5-7-11-24)37-31(39)21-41-34(40)32-28-12-8-9-13-30(28)38-33-25(18-23-14-16-27(36)17-15-23)19-26(20-29(32)33)35(2,3)4/h5-18,22,26H,19-21H2,1-4H3,(H,37,39)/b25-18-/t22-,26+/m1/s1. The number of esters is 1. The summed E-state index contributed by atoms with van der Waals surface area (Å²) < 4.78 is 5.68. The smallest absolute Gasteiger partial charge is 0.339 e. The molecule has 0 spiro atoms. The molecule has 1 aliphatic rings. The number of aromatic nitrogens is 1. The van der Waals surface area contributed by atoms with Gasteiger partial charge in [-0.2, -0.15) is 0 Å². The maximum atomic E-state index is 13.8. The van der Waals surface area contributed by atoms with Gasteiger partial charge in [0.25, 0.3) is 5.91 Å². The van der Waals surface area contributed by atoms with Crippen molar-refractivity contribution in [1.82, 2.24) is 10.3 Å². The van der Waals surface area contributed by atoms with Crippen LogP contribution < -0.4 is 5.32 Å². The van der Waals surface area contributed by atoms with Gasteiger partial charge in [0.1, 0.15) is 0 Å². The highest BCUT2D eigenvalue weighted by Crippen LogP contribution is 2.45. The molecule has 4 aromatic rings. The Labute approximate surface area is 246 Å². The van der Waals surface area contributed by atoms with Gasteiger partial charge in [-0.15, -0.1) is 0 Å². The molecule has 0 bridgehead atoms. The Morgan fingerprint density at radius 3 is 2.39 bits per heavy atom. The Balaban J connectivity index is 1.51. The lowest BCUT2D eigenvalue weighted by Crippen LogP contribution is -2.32. The van der Waals surface area contributed by atoms with Crippen LogP contribution in [0.15, 0.2) is 78.9 Å². The molecule has 0 fully saturated rings. The molecule has 0 radical (unpaired) electrons. The van der Waals surface area contributed by atoms with E-state index in [4.69, 9.17) is 21.3 Å². The van der Waals surface area contributed by atoms with Gasteiger partial charge in [0.2, 0.25) is 0 Å². The zero-order chi connectivity index (χ0) is 29.1. The molecule has 0 saturated carbocycles. The molecule has 210 valence electrons. The lowest BCUT2D eigenvalue weighted by atomic mass is 9.69. The van der Waals surface area contributed by atoms with E-state index < -0.39 is 5.97 Å². The first-order valence-electron chi connectivity index (χ1n) is 14.0. The predicted molar refractivity (Wildman–Crippen MR) is 166 cm³/mol. The molecule has 3 aromatic carbocycles. The number of nitrogens with one attached hydrogen (secondary N) is 1. The summed E-state index contributed by atoms with van der Waals surface area (Å²) in [6.45, 7) is 8.23. The number of para-hydroxylation sites is 1. The molecule has 5 nitrogen and oxygen atoms in total. The number of fused-ring (bicyclic) bond motifs is 2.